The maximum absolute atomic E-state index is 2.82. The fraction of sp³-hybridized carbons (Fsp3) is 0. The molecule has 0 aromatic carbocycles. The summed E-state index contributed by atoms with van der Waals surface area (Å²) in [4.78, 5) is 0. The van der Waals surface area contributed by atoms with Crippen molar-refractivity contribution in [2.45, 2.75) is 0 Å². The average Bonchev–Trinajstić information content (AvgIpc) is 2.01. The first-order valence-corrected chi connectivity index (χ1v) is 2.99. The van der Waals surface area contributed by atoms with Crippen LogP contribution in [0.3, 0.4) is 0 Å². The summed E-state index contributed by atoms with van der Waals surface area (Å²) in [6, 6.07) is 0. The Balaban J connectivity index is 2.97. The lowest BCUT2D eigenvalue weighted by Crippen LogP contribution is -1.52. The zero-order valence-corrected chi connectivity index (χ0v) is 5.46. The smallest absolute Gasteiger partial charge is 0.0109 e. The van der Waals surface area contributed by atoms with Crippen LogP contribution in [-0.4, -0.2) is 0 Å². The van der Waals surface area contributed by atoms with Crippen molar-refractivity contribution >= 4 is 0 Å². The molecule has 1 aliphatic rings. The van der Waals surface area contributed by atoms with E-state index in [2.05, 4.69) is 23.3 Å². The molecular formula is C10H6. The van der Waals surface area contributed by atoms with Crippen molar-refractivity contribution in [3.8, 4) is 11.8 Å². The van der Waals surface area contributed by atoms with E-state index in [4.69, 9.17) is 0 Å². The quantitative estimate of drug-likeness (QED) is 0.265. The Kier molecular flexibility index (Phi) is 2.74. The zero-order chi connectivity index (χ0) is 7.07. The van der Waals surface area contributed by atoms with Crippen LogP contribution in [0.4, 0.5) is 0 Å². The molecule has 0 aliphatic heterocycles. The highest BCUT2D eigenvalue weighted by Gasteiger charge is 1.60. The van der Waals surface area contributed by atoms with E-state index >= 15 is 0 Å². The summed E-state index contributed by atoms with van der Waals surface area (Å²) in [7, 11) is 0. The Morgan fingerprint density at radius 3 is 1.70 bits per heavy atom. The molecule has 0 spiro atoms. The van der Waals surface area contributed by atoms with Gasteiger partial charge in [-0.1, -0.05) is 23.3 Å². The van der Waals surface area contributed by atoms with Crippen LogP contribution in [0.5, 0.6) is 0 Å². The summed E-state index contributed by atoms with van der Waals surface area (Å²) in [6.45, 7) is 0. The summed E-state index contributed by atoms with van der Waals surface area (Å²) in [5, 5.41) is 0. The topological polar surface area (TPSA) is 0 Å². The standard InChI is InChI=1S/C10H6/c1-2-4-6-8-10-9-7-5-3-1/h1-3,8-10H/b2-1-,3-1?,10-8+,10-9?/i4+1/b2-1?,3-1+,10-8?,10-9-. The van der Waals surface area contributed by atoms with Crippen molar-refractivity contribution in [2.75, 3.05) is 0 Å². The molecule has 0 heteroatoms. The van der Waals surface area contributed by atoms with E-state index in [-0.39, 0.29) is 0 Å². The second kappa shape index (κ2) is 4.24. The zero-order valence-electron chi connectivity index (χ0n) is 5.46. The second-order valence-corrected chi connectivity index (χ2v) is 1.63. The molecule has 1 aliphatic carbocycles. The number of hydrogen-bond acceptors (Lipinski definition) is 0. The molecule has 0 unspecified atom stereocenters. The molecule has 0 aromatic rings. The highest BCUT2D eigenvalue weighted by atomic mass is 13.8. The van der Waals surface area contributed by atoms with Gasteiger partial charge in [0, 0.05) is 0 Å². The summed E-state index contributed by atoms with van der Waals surface area (Å²) < 4.78 is 0. The predicted molar refractivity (Wildman–Crippen MR) is 42.2 cm³/mol. The molecule has 0 saturated carbocycles. The van der Waals surface area contributed by atoms with Crippen LogP contribution in [0.15, 0.2) is 47.9 Å². The number of rotatable bonds is 0. The molecule has 10 heavy (non-hydrogen) atoms. The van der Waals surface area contributed by atoms with Gasteiger partial charge in [-0.15, -0.1) is 0 Å². The van der Waals surface area contributed by atoms with Gasteiger partial charge in [-0.2, -0.15) is 0 Å². The summed E-state index contributed by atoms with van der Waals surface area (Å²) in [6.07, 6.45) is 10.7. The first-order chi connectivity index (χ1) is 5.00. The molecule has 0 saturated heterocycles. The van der Waals surface area contributed by atoms with Crippen LogP contribution in [0.1, 0.15) is 0 Å². The largest absolute Gasteiger partial charge is 0.0702 e. The summed E-state index contributed by atoms with van der Waals surface area (Å²) >= 11 is 0. The van der Waals surface area contributed by atoms with Gasteiger partial charge in [-0.05, 0) is 36.5 Å². The molecule has 0 atom stereocenters. The molecular weight excluding hydrogens is 121 g/mol. The summed E-state index contributed by atoms with van der Waals surface area (Å²) in [5.74, 6) is 5.64. The summed E-state index contributed by atoms with van der Waals surface area (Å²) in [5.41, 5.74) is 5.64. The maximum atomic E-state index is 2.82. The Morgan fingerprint density at radius 1 is 0.700 bits per heavy atom. The average molecular weight is 127 g/mol. The minimum atomic E-state index is 1.77. The number of hydrogen-bond donors (Lipinski definition) is 0. The highest BCUT2D eigenvalue weighted by Crippen LogP contribution is 1.77. The van der Waals surface area contributed by atoms with Crippen LogP contribution in [0.2, 0.25) is 0 Å². The molecule has 0 aromatic heterocycles. The van der Waals surface area contributed by atoms with Gasteiger partial charge < -0.3 is 0 Å². The lowest BCUT2D eigenvalue weighted by molar-refractivity contribution is 1.93. The van der Waals surface area contributed by atoms with Gasteiger partial charge >= 0.3 is 0 Å². The van der Waals surface area contributed by atoms with E-state index in [0.29, 0.717) is 0 Å². The third-order valence-electron chi connectivity index (χ3n) is 0.885. The van der Waals surface area contributed by atoms with Gasteiger partial charge in [0.1, 0.15) is 0 Å². The Labute approximate surface area is 60.6 Å². The van der Waals surface area contributed by atoms with Gasteiger partial charge in [0.15, 0.2) is 0 Å². The Hall–Kier alpha value is -1.66. The third kappa shape index (κ3) is 2.60. The van der Waals surface area contributed by atoms with Crippen LogP contribution in [-0.2, 0) is 0 Å². The monoisotopic (exact) mass is 127 g/mol. The lowest BCUT2D eigenvalue weighted by Gasteiger charge is -1.67. The molecule has 46 valence electrons. The van der Waals surface area contributed by atoms with Crippen LogP contribution >= 0.6 is 0 Å². The first-order valence-electron chi connectivity index (χ1n) is 2.99. The van der Waals surface area contributed by atoms with Crippen molar-refractivity contribution in [1.29, 1.82) is 0 Å². The van der Waals surface area contributed by atoms with E-state index in [9.17, 15) is 0 Å². The van der Waals surface area contributed by atoms with Crippen molar-refractivity contribution in [3.05, 3.63) is 47.9 Å². The molecule has 0 N–H and O–H groups in total. The Morgan fingerprint density at radius 2 is 1.20 bits per heavy atom. The van der Waals surface area contributed by atoms with Crippen LogP contribution < -0.4 is 0 Å². The molecule has 0 bridgehead atoms. The van der Waals surface area contributed by atoms with Crippen molar-refractivity contribution in [3.63, 3.8) is 0 Å². The second-order valence-electron chi connectivity index (χ2n) is 1.63. The van der Waals surface area contributed by atoms with Crippen LogP contribution in [0.25, 0.3) is 0 Å². The fourth-order valence-corrected chi connectivity index (χ4v) is 0.481. The van der Waals surface area contributed by atoms with Gasteiger partial charge in [0.05, 0.1) is 0 Å². The van der Waals surface area contributed by atoms with Gasteiger partial charge in [-0.3, -0.25) is 0 Å². The first kappa shape index (κ1) is 6.46. The van der Waals surface area contributed by atoms with E-state index < -0.39 is 0 Å². The van der Waals surface area contributed by atoms with Crippen molar-refractivity contribution in [2.24, 2.45) is 0 Å². The minimum absolute atomic E-state index is 1.77. The normalized spacial score (nSPS) is 19.2. The lowest BCUT2D eigenvalue weighted by atomic mass is 10.4. The Bertz CT molecular complexity index is 274. The molecule has 0 heterocycles. The molecule has 0 nitrogen and oxygen atoms in total. The number of allylic oxidation sites excluding steroid dienone is 6. The van der Waals surface area contributed by atoms with E-state index in [1.807, 2.05) is 12.2 Å². The highest BCUT2D eigenvalue weighted by molar-refractivity contribution is 5.28. The van der Waals surface area contributed by atoms with Gasteiger partial charge in [0.25, 0.3) is 0 Å². The molecule has 1 rings (SSSR count). The van der Waals surface area contributed by atoms with E-state index in [0.717, 1.165) is 0 Å². The van der Waals surface area contributed by atoms with Gasteiger partial charge in [0.2, 0.25) is 0 Å². The van der Waals surface area contributed by atoms with E-state index in [1.165, 1.54) is 0 Å². The third-order valence-corrected chi connectivity index (χ3v) is 0.885. The van der Waals surface area contributed by atoms with Gasteiger partial charge in [-0.25, -0.2) is 0 Å². The minimum Gasteiger partial charge on any atom is -0.0702 e. The van der Waals surface area contributed by atoms with Crippen molar-refractivity contribution in [1.82, 2.24) is 0 Å². The predicted octanol–water partition coefficient (Wildman–Crippen LogP) is 1.98. The van der Waals surface area contributed by atoms with Crippen LogP contribution in [0, 0.1) is 11.8 Å². The fourth-order valence-electron chi connectivity index (χ4n) is 0.481. The molecule has 0 amide bonds. The van der Waals surface area contributed by atoms with Crippen molar-refractivity contribution < 1.29 is 0 Å². The maximum Gasteiger partial charge on any atom is -0.0109 e. The molecule has 0 fully saturated rings. The SMILES string of the molecule is C1=C/C=C\C#C/C=C/C=[13C]=1. The van der Waals surface area contributed by atoms with E-state index in [1.54, 1.807) is 24.3 Å². The molecule has 0 radical (unpaired) electrons.